The first-order chi connectivity index (χ1) is 14.5. The van der Waals surface area contributed by atoms with E-state index in [1.807, 2.05) is 43.5 Å². The Labute approximate surface area is 171 Å². The third-order valence-electron chi connectivity index (χ3n) is 5.40. The fraction of sp³-hybridized carbons (Fsp3) is 0.182. The standard InChI is InChI=1S/C22H19N5O3/c1-13-6-7-26-19(8-13)24-15(10-20(26)28)12-27-21(29)18(25-22(27)30)9-14-11-23-17-5-3-2-4-16(14)17/h2-8,10-11,18,23H,9,12H2,1H3,(H,25,30)/t18-/m0/s1. The van der Waals surface area contributed by atoms with Crippen LogP contribution in [0.3, 0.4) is 0 Å². The molecule has 3 aromatic heterocycles. The number of carbonyl (C=O) groups is 2. The summed E-state index contributed by atoms with van der Waals surface area (Å²) in [6.45, 7) is 1.86. The second kappa shape index (κ2) is 6.84. The van der Waals surface area contributed by atoms with Crippen molar-refractivity contribution in [2.45, 2.75) is 25.9 Å². The Morgan fingerprint density at radius 1 is 1.10 bits per heavy atom. The van der Waals surface area contributed by atoms with E-state index in [4.69, 9.17) is 0 Å². The summed E-state index contributed by atoms with van der Waals surface area (Å²) < 4.78 is 1.43. The molecule has 0 radical (unpaired) electrons. The quantitative estimate of drug-likeness (QED) is 0.512. The molecular weight excluding hydrogens is 382 g/mol. The number of pyridine rings is 1. The summed E-state index contributed by atoms with van der Waals surface area (Å²) >= 11 is 0. The van der Waals surface area contributed by atoms with Crippen molar-refractivity contribution in [3.63, 3.8) is 0 Å². The minimum Gasteiger partial charge on any atom is -0.361 e. The lowest BCUT2D eigenvalue weighted by Gasteiger charge is -2.13. The van der Waals surface area contributed by atoms with Crippen LogP contribution in [0.4, 0.5) is 4.79 Å². The predicted octanol–water partition coefficient (Wildman–Crippen LogP) is 2.15. The molecule has 0 unspecified atom stereocenters. The number of hydrogen-bond donors (Lipinski definition) is 2. The average molecular weight is 401 g/mol. The van der Waals surface area contributed by atoms with Gasteiger partial charge in [-0.2, -0.15) is 0 Å². The maximum atomic E-state index is 12.9. The van der Waals surface area contributed by atoms with Crippen LogP contribution in [0.2, 0.25) is 0 Å². The second-order valence-corrected chi connectivity index (χ2v) is 7.51. The number of urea groups is 1. The summed E-state index contributed by atoms with van der Waals surface area (Å²) in [6.07, 6.45) is 3.91. The maximum absolute atomic E-state index is 12.9. The molecule has 0 saturated carbocycles. The summed E-state index contributed by atoms with van der Waals surface area (Å²) in [6, 6.07) is 11.7. The molecule has 1 aliphatic heterocycles. The van der Waals surface area contributed by atoms with Crippen molar-refractivity contribution in [1.82, 2.24) is 24.6 Å². The SMILES string of the molecule is Cc1ccn2c(=O)cc(CN3C(=O)N[C@@H](Cc4c[nH]c5ccccc45)C3=O)nc2c1. The van der Waals surface area contributed by atoms with Gasteiger partial charge in [0.15, 0.2) is 0 Å². The summed E-state index contributed by atoms with van der Waals surface area (Å²) in [5.41, 5.74) is 3.52. The number of amides is 3. The molecule has 4 heterocycles. The minimum absolute atomic E-state index is 0.0469. The number of rotatable bonds is 4. The van der Waals surface area contributed by atoms with E-state index < -0.39 is 12.1 Å². The molecule has 1 aromatic carbocycles. The van der Waals surface area contributed by atoms with Gasteiger partial charge in [0.05, 0.1) is 12.2 Å². The smallest absolute Gasteiger partial charge is 0.325 e. The van der Waals surface area contributed by atoms with Crippen molar-refractivity contribution in [2.75, 3.05) is 0 Å². The highest BCUT2D eigenvalue weighted by molar-refractivity contribution is 6.04. The third kappa shape index (κ3) is 3.02. The maximum Gasteiger partial charge on any atom is 0.325 e. The number of fused-ring (bicyclic) bond motifs is 2. The van der Waals surface area contributed by atoms with Crippen LogP contribution in [-0.2, 0) is 17.8 Å². The van der Waals surface area contributed by atoms with Crippen molar-refractivity contribution in [3.8, 4) is 0 Å². The van der Waals surface area contributed by atoms with E-state index in [0.717, 1.165) is 26.9 Å². The highest BCUT2D eigenvalue weighted by Gasteiger charge is 2.38. The van der Waals surface area contributed by atoms with Gasteiger partial charge in [-0.05, 0) is 36.2 Å². The lowest BCUT2D eigenvalue weighted by Crippen LogP contribution is -2.32. The van der Waals surface area contributed by atoms with Gasteiger partial charge in [-0.3, -0.25) is 18.9 Å². The number of carbonyl (C=O) groups excluding carboxylic acids is 2. The summed E-state index contributed by atoms with van der Waals surface area (Å²) in [4.78, 5) is 46.5. The van der Waals surface area contributed by atoms with E-state index in [9.17, 15) is 14.4 Å². The van der Waals surface area contributed by atoms with E-state index in [1.165, 1.54) is 10.5 Å². The van der Waals surface area contributed by atoms with E-state index in [1.54, 1.807) is 12.3 Å². The molecule has 0 aliphatic carbocycles. The van der Waals surface area contributed by atoms with E-state index >= 15 is 0 Å². The van der Waals surface area contributed by atoms with Crippen LogP contribution < -0.4 is 10.9 Å². The number of nitrogens with zero attached hydrogens (tertiary/aromatic N) is 3. The zero-order valence-electron chi connectivity index (χ0n) is 16.3. The van der Waals surface area contributed by atoms with Crippen molar-refractivity contribution in [3.05, 3.63) is 82.0 Å². The molecule has 1 fully saturated rings. The second-order valence-electron chi connectivity index (χ2n) is 7.51. The third-order valence-corrected chi connectivity index (χ3v) is 5.40. The van der Waals surface area contributed by atoms with E-state index in [2.05, 4.69) is 15.3 Å². The van der Waals surface area contributed by atoms with Gasteiger partial charge in [0, 0.05) is 35.8 Å². The molecular formula is C22H19N5O3. The molecule has 0 bridgehead atoms. The van der Waals surface area contributed by atoms with Gasteiger partial charge in [-0.15, -0.1) is 0 Å². The van der Waals surface area contributed by atoms with Gasteiger partial charge in [0.2, 0.25) is 0 Å². The highest BCUT2D eigenvalue weighted by atomic mass is 16.2. The topological polar surface area (TPSA) is 99.6 Å². The monoisotopic (exact) mass is 401 g/mol. The molecule has 4 aromatic rings. The Kier molecular flexibility index (Phi) is 4.13. The van der Waals surface area contributed by atoms with Crippen LogP contribution in [0.1, 0.15) is 16.8 Å². The fourth-order valence-corrected chi connectivity index (χ4v) is 3.88. The van der Waals surface area contributed by atoms with Gasteiger partial charge < -0.3 is 10.3 Å². The number of para-hydroxylation sites is 1. The van der Waals surface area contributed by atoms with Gasteiger partial charge in [0.25, 0.3) is 11.5 Å². The summed E-state index contributed by atoms with van der Waals surface area (Å²) in [5, 5.41) is 3.78. The van der Waals surface area contributed by atoms with E-state index in [0.29, 0.717) is 17.8 Å². The molecule has 8 nitrogen and oxygen atoms in total. The minimum atomic E-state index is -0.652. The van der Waals surface area contributed by atoms with Crippen LogP contribution in [0, 0.1) is 6.92 Å². The van der Waals surface area contributed by atoms with Crippen molar-refractivity contribution in [1.29, 1.82) is 0 Å². The number of H-pyrrole nitrogens is 1. The van der Waals surface area contributed by atoms with Crippen LogP contribution in [0.5, 0.6) is 0 Å². The number of aromatic nitrogens is 3. The van der Waals surface area contributed by atoms with Crippen molar-refractivity contribution >= 4 is 28.5 Å². The molecule has 30 heavy (non-hydrogen) atoms. The fourth-order valence-electron chi connectivity index (χ4n) is 3.88. The van der Waals surface area contributed by atoms with Crippen LogP contribution in [0.25, 0.3) is 16.6 Å². The predicted molar refractivity (Wildman–Crippen MR) is 111 cm³/mol. The van der Waals surface area contributed by atoms with Gasteiger partial charge >= 0.3 is 6.03 Å². The Balaban J connectivity index is 1.39. The summed E-state index contributed by atoms with van der Waals surface area (Å²) in [5.74, 6) is -0.323. The largest absolute Gasteiger partial charge is 0.361 e. The lowest BCUT2D eigenvalue weighted by molar-refractivity contribution is -0.127. The average Bonchev–Trinajstić information content (AvgIpc) is 3.24. The number of aryl methyl sites for hydroxylation is 1. The Morgan fingerprint density at radius 2 is 1.93 bits per heavy atom. The van der Waals surface area contributed by atoms with Crippen LogP contribution >= 0.6 is 0 Å². The molecule has 3 amide bonds. The summed E-state index contributed by atoms with van der Waals surface area (Å²) in [7, 11) is 0. The van der Waals surface area contributed by atoms with Crippen molar-refractivity contribution in [2.24, 2.45) is 0 Å². The molecule has 5 rings (SSSR count). The molecule has 2 N–H and O–H groups in total. The van der Waals surface area contributed by atoms with E-state index in [-0.39, 0.29) is 18.0 Å². The van der Waals surface area contributed by atoms with Crippen molar-refractivity contribution < 1.29 is 9.59 Å². The van der Waals surface area contributed by atoms with Crippen LogP contribution in [-0.4, -0.2) is 37.2 Å². The molecule has 1 atom stereocenters. The number of hydrogen-bond acceptors (Lipinski definition) is 4. The Hall–Kier alpha value is -3.94. The molecule has 1 aliphatic rings. The number of aromatic amines is 1. The normalized spacial score (nSPS) is 16.6. The first-order valence-electron chi connectivity index (χ1n) is 9.65. The Morgan fingerprint density at radius 3 is 2.80 bits per heavy atom. The molecule has 150 valence electrons. The highest BCUT2D eigenvalue weighted by Crippen LogP contribution is 2.21. The van der Waals surface area contributed by atoms with Gasteiger partial charge in [0.1, 0.15) is 11.7 Å². The number of benzene rings is 1. The zero-order valence-corrected chi connectivity index (χ0v) is 16.3. The first-order valence-corrected chi connectivity index (χ1v) is 9.65. The van der Waals surface area contributed by atoms with Gasteiger partial charge in [-0.25, -0.2) is 9.78 Å². The van der Waals surface area contributed by atoms with Crippen LogP contribution in [0.15, 0.2) is 59.7 Å². The lowest BCUT2D eigenvalue weighted by atomic mass is 10.1. The molecule has 1 saturated heterocycles. The molecule has 8 heteroatoms. The molecule has 0 spiro atoms. The number of imide groups is 1. The Bertz CT molecular complexity index is 1370. The van der Waals surface area contributed by atoms with Gasteiger partial charge in [-0.1, -0.05) is 18.2 Å². The first kappa shape index (κ1) is 18.1. The zero-order chi connectivity index (χ0) is 20.8. The number of nitrogens with one attached hydrogen (secondary N) is 2.